The molecule has 2 N–H and O–H groups in total. The SMILES string of the molecule is C[N+](=O)c1ccc(S)cc1C(=O)O.S=c1cccc[nH]1. The first kappa shape index (κ1) is 16.1. The second-order valence-electron chi connectivity index (χ2n) is 3.73. The summed E-state index contributed by atoms with van der Waals surface area (Å²) in [6.45, 7) is 0. The highest BCUT2D eigenvalue weighted by Gasteiger charge is 2.19. The van der Waals surface area contributed by atoms with Crippen LogP contribution in [0.5, 0.6) is 0 Å². The number of nitroso groups, excluding NO2 is 1. The molecule has 0 fully saturated rings. The summed E-state index contributed by atoms with van der Waals surface area (Å²) in [4.78, 5) is 25.0. The van der Waals surface area contributed by atoms with E-state index in [1.54, 1.807) is 6.07 Å². The maximum absolute atomic E-state index is 10.9. The van der Waals surface area contributed by atoms with E-state index in [9.17, 15) is 9.70 Å². The van der Waals surface area contributed by atoms with Crippen LogP contribution in [0.2, 0.25) is 0 Å². The van der Waals surface area contributed by atoms with E-state index in [4.69, 9.17) is 17.3 Å². The number of aromatic amines is 1. The molecule has 1 aromatic heterocycles. The Labute approximate surface area is 126 Å². The van der Waals surface area contributed by atoms with E-state index < -0.39 is 5.97 Å². The van der Waals surface area contributed by atoms with Crippen LogP contribution in [0.3, 0.4) is 0 Å². The standard InChI is InChI=1S/C8H7NO3S.C5H5NS/c1-9(12)7-3-2-5(13)4-6(7)8(10)11;7-5-3-1-2-4-6-5/h2-4H,1H3,(H-,10,11,12,13);1-4H,(H,6,7)/p+1. The van der Waals surface area contributed by atoms with Gasteiger partial charge in [-0.05, 0) is 24.3 Å². The highest BCUT2D eigenvalue weighted by molar-refractivity contribution is 7.80. The van der Waals surface area contributed by atoms with Crippen LogP contribution < -0.4 is 0 Å². The summed E-state index contributed by atoms with van der Waals surface area (Å²) in [7, 11) is 1.25. The Morgan fingerprint density at radius 3 is 2.45 bits per heavy atom. The summed E-state index contributed by atoms with van der Waals surface area (Å²) < 4.78 is 1.29. The van der Waals surface area contributed by atoms with Gasteiger partial charge in [-0.3, -0.25) is 0 Å². The number of aromatic carboxylic acids is 1. The molecule has 20 heavy (non-hydrogen) atoms. The number of nitrogens with one attached hydrogen (secondary N) is 1. The molecule has 7 heteroatoms. The lowest BCUT2D eigenvalue weighted by atomic mass is 10.2. The summed E-state index contributed by atoms with van der Waals surface area (Å²) in [5.41, 5.74) is 0.0929. The van der Waals surface area contributed by atoms with Crippen molar-refractivity contribution in [1.82, 2.24) is 4.98 Å². The lowest BCUT2D eigenvalue weighted by Crippen LogP contribution is -2.03. The van der Waals surface area contributed by atoms with Crippen LogP contribution in [0.1, 0.15) is 10.4 Å². The number of H-pyrrole nitrogens is 1. The normalized spacial score (nSPS) is 9.30. The molecule has 104 valence electrons. The number of pyridine rings is 1. The van der Waals surface area contributed by atoms with Crippen molar-refractivity contribution in [3.05, 3.63) is 57.7 Å². The quantitative estimate of drug-likeness (QED) is 0.451. The Morgan fingerprint density at radius 1 is 1.35 bits per heavy atom. The van der Waals surface area contributed by atoms with Crippen molar-refractivity contribution < 1.29 is 14.7 Å². The van der Waals surface area contributed by atoms with Crippen LogP contribution in [0.4, 0.5) is 5.69 Å². The van der Waals surface area contributed by atoms with Crippen LogP contribution in [0.15, 0.2) is 47.5 Å². The van der Waals surface area contributed by atoms with E-state index in [1.807, 2.05) is 24.4 Å². The summed E-state index contributed by atoms with van der Waals surface area (Å²) in [5, 5.41) is 8.74. The Bertz CT molecular complexity index is 666. The molecule has 0 unspecified atom stereocenters. The fraction of sp³-hybridized carbons (Fsp3) is 0.0769. The van der Waals surface area contributed by atoms with E-state index in [1.165, 1.54) is 19.2 Å². The first-order valence-corrected chi connectivity index (χ1v) is 6.38. The van der Waals surface area contributed by atoms with Gasteiger partial charge >= 0.3 is 5.97 Å². The van der Waals surface area contributed by atoms with Gasteiger partial charge in [0.05, 0.1) is 0 Å². The fourth-order valence-corrected chi connectivity index (χ4v) is 1.70. The largest absolute Gasteiger partial charge is 0.477 e. The van der Waals surface area contributed by atoms with Crippen LogP contribution in [0.25, 0.3) is 0 Å². The Kier molecular flexibility index (Phi) is 6.08. The number of carboxylic acids is 1. The predicted molar refractivity (Wildman–Crippen MR) is 81.5 cm³/mol. The number of aromatic nitrogens is 1. The maximum atomic E-state index is 10.9. The maximum Gasteiger partial charge on any atom is 0.342 e. The van der Waals surface area contributed by atoms with Gasteiger partial charge in [-0.15, -0.1) is 12.6 Å². The van der Waals surface area contributed by atoms with Gasteiger partial charge in [0.15, 0.2) is 7.05 Å². The minimum atomic E-state index is -1.13. The number of rotatable bonds is 2. The smallest absolute Gasteiger partial charge is 0.342 e. The third-order valence-corrected chi connectivity index (χ3v) is 2.76. The first-order chi connectivity index (χ1) is 9.41. The lowest BCUT2D eigenvalue weighted by molar-refractivity contribution is -0.428. The monoisotopic (exact) mass is 309 g/mol. The van der Waals surface area contributed by atoms with E-state index in [2.05, 4.69) is 17.6 Å². The van der Waals surface area contributed by atoms with Gasteiger partial charge in [-0.1, -0.05) is 18.3 Å². The van der Waals surface area contributed by atoms with E-state index in [0.717, 1.165) is 4.64 Å². The van der Waals surface area contributed by atoms with Crippen LogP contribution in [0, 0.1) is 9.55 Å². The number of hydrogen-bond donors (Lipinski definition) is 3. The van der Waals surface area contributed by atoms with Crippen molar-refractivity contribution in [3.63, 3.8) is 0 Å². The highest BCUT2D eigenvalue weighted by atomic mass is 32.1. The Hall–Kier alpha value is -1.99. The van der Waals surface area contributed by atoms with Gasteiger partial charge < -0.3 is 10.1 Å². The number of carboxylic acid groups (broad SMARTS) is 1. The van der Waals surface area contributed by atoms with Crippen molar-refractivity contribution in [3.8, 4) is 0 Å². The molecule has 5 nitrogen and oxygen atoms in total. The fourth-order valence-electron chi connectivity index (χ4n) is 1.35. The zero-order valence-corrected chi connectivity index (χ0v) is 12.3. The van der Waals surface area contributed by atoms with E-state index >= 15 is 0 Å². The van der Waals surface area contributed by atoms with Crippen molar-refractivity contribution >= 4 is 36.5 Å². The number of carbonyl (C=O) groups is 1. The lowest BCUT2D eigenvalue weighted by Gasteiger charge is -1.96. The van der Waals surface area contributed by atoms with Crippen LogP contribution in [-0.4, -0.2) is 27.9 Å². The molecule has 2 aromatic rings. The third-order valence-electron chi connectivity index (χ3n) is 2.23. The van der Waals surface area contributed by atoms with Gasteiger partial charge in [0.25, 0.3) is 5.69 Å². The van der Waals surface area contributed by atoms with Crippen molar-refractivity contribution in [1.29, 1.82) is 0 Å². The topological polar surface area (TPSA) is 73.2 Å². The van der Waals surface area contributed by atoms with Gasteiger partial charge in [-0.25, -0.2) is 4.79 Å². The second kappa shape index (κ2) is 7.56. The van der Waals surface area contributed by atoms with E-state index in [-0.39, 0.29) is 11.3 Å². The van der Waals surface area contributed by atoms with Gasteiger partial charge in [0.2, 0.25) is 0 Å². The molecule has 0 saturated heterocycles. The molecular weight excluding hydrogens is 296 g/mol. The minimum Gasteiger partial charge on any atom is -0.477 e. The molecule has 0 spiro atoms. The zero-order valence-electron chi connectivity index (χ0n) is 10.6. The number of nitrogens with zero attached hydrogens (tertiary/aromatic N) is 1. The zero-order chi connectivity index (χ0) is 15.1. The van der Waals surface area contributed by atoms with Crippen LogP contribution in [-0.2, 0) is 0 Å². The third kappa shape index (κ3) is 4.94. The second-order valence-corrected chi connectivity index (χ2v) is 4.69. The molecule has 0 aliphatic carbocycles. The number of hydrogen-bond acceptors (Lipinski definition) is 4. The molecule has 0 bridgehead atoms. The minimum absolute atomic E-state index is 0.0370. The molecule has 2 rings (SSSR count). The molecule has 0 amide bonds. The number of benzene rings is 1. The van der Waals surface area contributed by atoms with E-state index in [0.29, 0.717) is 9.66 Å². The molecule has 0 atom stereocenters. The average Bonchev–Trinajstić information content (AvgIpc) is 2.39. The molecule has 0 saturated carbocycles. The molecule has 0 aliphatic rings. The van der Waals surface area contributed by atoms with Gasteiger partial charge in [0, 0.05) is 26.8 Å². The highest BCUT2D eigenvalue weighted by Crippen LogP contribution is 2.21. The van der Waals surface area contributed by atoms with Crippen molar-refractivity contribution in [2.45, 2.75) is 4.90 Å². The van der Waals surface area contributed by atoms with Crippen LogP contribution >= 0.6 is 24.8 Å². The molecule has 0 aliphatic heterocycles. The van der Waals surface area contributed by atoms with Crippen molar-refractivity contribution in [2.75, 3.05) is 7.05 Å². The molecular formula is C13H13N2O3S2+. The predicted octanol–water partition coefficient (Wildman–Crippen LogP) is 3.46. The van der Waals surface area contributed by atoms with Gasteiger partial charge in [0.1, 0.15) is 10.2 Å². The summed E-state index contributed by atoms with van der Waals surface area (Å²) in [6.07, 6.45) is 1.81. The number of thiol groups is 1. The summed E-state index contributed by atoms with van der Waals surface area (Å²) in [6, 6.07) is 9.98. The Morgan fingerprint density at radius 2 is 2.05 bits per heavy atom. The average molecular weight is 309 g/mol. The van der Waals surface area contributed by atoms with Gasteiger partial charge in [-0.2, -0.15) is 0 Å². The molecule has 0 radical (unpaired) electrons. The summed E-state index contributed by atoms with van der Waals surface area (Å²) >= 11 is 8.74. The molecule has 1 aromatic carbocycles. The first-order valence-electron chi connectivity index (χ1n) is 5.52. The van der Waals surface area contributed by atoms with Crippen molar-refractivity contribution in [2.24, 2.45) is 0 Å². The molecule has 1 heterocycles. The Balaban J connectivity index is 0.000000240. The summed E-state index contributed by atoms with van der Waals surface area (Å²) in [5.74, 6) is -1.13.